The van der Waals surface area contributed by atoms with Crippen molar-refractivity contribution in [1.29, 1.82) is 5.26 Å². The van der Waals surface area contributed by atoms with Crippen LogP contribution in [0.1, 0.15) is 30.2 Å². The number of hydrogen-bond acceptors (Lipinski definition) is 8. The lowest BCUT2D eigenvalue weighted by molar-refractivity contribution is -0.117. The molecule has 0 spiro atoms. The van der Waals surface area contributed by atoms with Crippen molar-refractivity contribution in [2.45, 2.75) is 26.4 Å². The molecule has 2 aromatic carbocycles. The van der Waals surface area contributed by atoms with E-state index in [9.17, 15) is 10.1 Å². The van der Waals surface area contributed by atoms with E-state index in [2.05, 4.69) is 40.6 Å². The largest absolute Gasteiger partial charge is 0.494 e. The number of nitrogens with zero attached hydrogens (tertiary/aromatic N) is 3. The number of thiol groups is 1. The number of aromatic nitrogens is 2. The summed E-state index contributed by atoms with van der Waals surface area (Å²) < 4.78 is 11.6. The van der Waals surface area contributed by atoms with Gasteiger partial charge in [-0.3, -0.25) is 14.8 Å². The summed E-state index contributed by atoms with van der Waals surface area (Å²) in [6.07, 6.45) is 3.49. The van der Waals surface area contributed by atoms with Gasteiger partial charge in [-0.15, -0.1) is 12.6 Å². The van der Waals surface area contributed by atoms with Crippen molar-refractivity contribution in [1.82, 2.24) is 9.97 Å². The number of carbonyl (C=O) groups excluding carboxylic acids is 1. The fraction of sp³-hybridized carbons (Fsp3) is 0.172. The van der Waals surface area contributed by atoms with E-state index in [-0.39, 0.29) is 25.2 Å². The number of anilines is 2. The second kappa shape index (κ2) is 12.5. The molecular weight excluding hydrogens is 520 g/mol. The van der Waals surface area contributed by atoms with E-state index in [4.69, 9.17) is 21.1 Å². The number of ether oxygens (including phenoxy) is 2. The highest BCUT2D eigenvalue weighted by molar-refractivity contribution is 7.84. The number of allylic oxidation sites excluding steroid dienone is 1. The molecular formula is C29H25ClN4O3S. The minimum absolute atomic E-state index is 0.0442. The number of halogens is 1. The fourth-order valence-corrected chi connectivity index (χ4v) is 4.30. The Balaban J connectivity index is 1.67. The normalized spacial score (nSPS) is 10.6. The number of fused-ring (bicyclic) bond motifs is 1. The van der Waals surface area contributed by atoms with Crippen LogP contribution in [0.4, 0.5) is 11.4 Å². The molecule has 2 heterocycles. The second-order valence-corrected chi connectivity index (χ2v) is 9.45. The molecule has 7 nitrogen and oxygen atoms in total. The Kier molecular flexibility index (Phi) is 8.85. The van der Waals surface area contributed by atoms with Crippen LogP contribution >= 0.6 is 24.2 Å². The van der Waals surface area contributed by atoms with Crippen LogP contribution in [-0.2, 0) is 17.8 Å². The van der Waals surface area contributed by atoms with Gasteiger partial charge in [0.1, 0.15) is 30.0 Å². The van der Waals surface area contributed by atoms with E-state index < -0.39 is 0 Å². The summed E-state index contributed by atoms with van der Waals surface area (Å²) in [5.41, 5.74) is 3.64. The topological polar surface area (TPSA) is 97.1 Å². The van der Waals surface area contributed by atoms with E-state index in [1.807, 2.05) is 37.3 Å². The minimum Gasteiger partial charge on any atom is -0.494 e. The number of benzene rings is 2. The first-order valence-corrected chi connectivity index (χ1v) is 12.7. The lowest BCUT2D eigenvalue weighted by Gasteiger charge is -2.16. The van der Waals surface area contributed by atoms with Gasteiger partial charge in [0.2, 0.25) is 0 Å². The number of Topliss-reactive ketones (excluding diaryl/α,β-unsaturated/α-hetero) is 1. The summed E-state index contributed by atoms with van der Waals surface area (Å²) in [7, 11) is 0. The van der Waals surface area contributed by atoms with Crippen LogP contribution < -0.4 is 14.8 Å². The summed E-state index contributed by atoms with van der Waals surface area (Å²) in [6.45, 7) is 6.29. The molecule has 38 heavy (non-hydrogen) atoms. The molecule has 0 aliphatic heterocycles. The number of carbonyl (C=O) groups is 1. The van der Waals surface area contributed by atoms with Gasteiger partial charge in [0.15, 0.2) is 0 Å². The van der Waals surface area contributed by atoms with E-state index in [1.165, 1.54) is 6.20 Å². The van der Waals surface area contributed by atoms with Crippen LogP contribution in [-0.4, -0.2) is 22.4 Å². The first-order valence-electron chi connectivity index (χ1n) is 11.8. The van der Waals surface area contributed by atoms with E-state index in [0.29, 0.717) is 61.4 Å². The SMILES string of the molecule is C=C(S)CC(=O)Cc1cc2c(Nc3ccc(OCc4ccccn4)c(Cl)c3)c(C#N)cnc2cc1OCC. The van der Waals surface area contributed by atoms with Crippen LogP contribution in [0, 0.1) is 11.3 Å². The molecule has 0 fully saturated rings. The van der Waals surface area contributed by atoms with Gasteiger partial charge < -0.3 is 14.8 Å². The number of pyridine rings is 2. The smallest absolute Gasteiger partial charge is 0.142 e. The maximum atomic E-state index is 12.5. The molecule has 0 atom stereocenters. The molecule has 2 aromatic heterocycles. The van der Waals surface area contributed by atoms with Gasteiger partial charge >= 0.3 is 0 Å². The monoisotopic (exact) mass is 544 g/mol. The van der Waals surface area contributed by atoms with Gasteiger partial charge in [-0.25, -0.2) is 0 Å². The Morgan fingerprint density at radius 1 is 1.16 bits per heavy atom. The Morgan fingerprint density at radius 2 is 2.00 bits per heavy atom. The quantitative estimate of drug-likeness (QED) is 0.200. The van der Waals surface area contributed by atoms with Gasteiger partial charge in [-0.1, -0.05) is 24.2 Å². The summed E-state index contributed by atoms with van der Waals surface area (Å²) in [6, 6.07) is 16.7. The highest BCUT2D eigenvalue weighted by Crippen LogP contribution is 2.36. The lowest BCUT2D eigenvalue weighted by atomic mass is 10.0. The highest BCUT2D eigenvalue weighted by atomic mass is 35.5. The number of ketones is 1. The number of hydrogen-bond donors (Lipinski definition) is 2. The molecule has 0 radical (unpaired) electrons. The standard InChI is InChI=1S/C29H25ClN4O3S/c1-3-36-28-14-26-24(12-19(28)11-23(35)10-18(2)38)29(20(15-31)16-33-26)34-21-7-8-27(25(30)13-21)37-17-22-6-4-5-9-32-22/h4-9,12-14,16,38H,2-3,10-11,17H2,1H3,(H,33,34). The summed E-state index contributed by atoms with van der Waals surface area (Å²) in [5, 5.41) is 14.2. The molecule has 9 heteroatoms. The Hall–Kier alpha value is -4.06. The number of rotatable bonds is 11. The average molecular weight is 545 g/mol. The molecule has 192 valence electrons. The van der Waals surface area contributed by atoms with E-state index >= 15 is 0 Å². The summed E-state index contributed by atoms with van der Waals surface area (Å²) >= 11 is 10.7. The van der Waals surface area contributed by atoms with Crippen LogP contribution in [0.2, 0.25) is 5.02 Å². The molecule has 0 amide bonds. The van der Waals surface area contributed by atoms with Crippen molar-refractivity contribution < 1.29 is 14.3 Å². The third kappa shape index (κ3) is 6.62. The van der Waals surface area contributed by atoms with Gasteiger partial charge in [0.05, 0.1) is 34.1 Å². The molecule has 1 N–H and O–H groups in total. The Labute approximate surface area is 231 Å². The Morgan fingerprint density at radius 3 is 2.68 bits per heavy atom. The van der Waals surface area contributed by atoms with Gasteiger partial charge in [-0.05, 0) is 48.2 Å². The van der Waals surface area contributed by atoms with E-state index in [1.54, 1.807) is 24.4 Å². The van der Waals surface area contributed by atoms with Crippen LogP contribution in [0.25, 0.3) is 10.9 Å². The van der Waals surface area contributed by atoms with Crippen LogP contribution in [0.15, 0.2) is 72.4 Å². The third-order valence-electron chi connectivity index (χ3n) is 5.56. The van der Waals surface area contributed by atoms with Crippen LogP contribution in [0.3, 0.4) is 0 Å². The van der Waals surface area contributed by atoms with Gasteiger partial charge in [0, 0.05) is 47.9 Å². The number of nitrogens with one attached hydrogen (secondary N) is 1. The predicted octanol–water partition coefficient (Wildman–Crippen LogP) is 6.82. The van der Waals surface area contributed by atoms with Crippen LogP contribution in [0.5, 0.6) is 11.5 Å². The minimum atomic E-state index is -0.0442. The third-order valence-corrected chi connectivity index (χ3v) is 6.02. The first kappa shape index (κ1) is 27.0. The fourth-order valence-electron chi connectivity index (χ4n) is 3.89. The van der Waals surface area contributed by atoms with E-state index in [0.717, 1.165) is 5.69 Å². The molecule has 4 rings (SSSR count). The Bertz CT molecular complexity index is 1540. The van der Waals surface area contributed by atoms with Crippen molar-refractivity contribution in [3.05, 3.63) is 94.3 Å². The summed E-state index contributed by atoms with van der Waals surface area (Å²) in [4.78, 5) is 21.7. The lowest BCUT2D eigenvalue weighted by Crippen LogP contribution is -2.06. The van der Waals surface area contributed by atoms with Crippen molar-refractivity contribution >= 4 is 52.3 Å². The molecule has 0 saturated carbocycles. The first-order chi connectivity index (χ1) is 18.4. The molecule has 0 saturated heterocycles. The van der Waals surface area contributed by atoms with Crippen molar-refractivity contribution in [2.75, 3.05) is 11.9 Å². The molecule has 4 aromatic rings. The highest BCUT2D eigenvalue weighted by Gasteiger charge is 2.17. The number of nitriles is 1. The molecule has 0 bridgehead atoms. The molecule has 0 aliphatic carbocycles. The second-order valence-electron chi connectivity index (χ2n) is 8.41. The van der Waals surface area contributed by atoms with Crippen molar-refractivity contribution in [3.8, 4) is 17.6 Å². The maximum absolute atomic E-state index is 12.5. The zero-order chi connectivity index (χ0) is 27.1. The van der Waals surface area contributed by atoms with Gasteiger partial charge in [-0.2, -0.15) is 5.26 Å². The average Bonchev–Trinajstić information content (AvgIpc) is 2.89. The molecule has 0 unspecified atom stereocenters. The van der Waals surface area contributed by atoms with Gasteiger partial charge in [0.25, 0.3) is 0 Å². The molecule has 0 aliphatic rings. The maximum Gasteiger partial charge on any atom is 0.142 e. The zero-order valence-electron chi connectivity index (χ0n) is 20.7. The predicted molar refractivity (Wildman–Crippen MR) is 152 cm³/mol. The summed E-state index contributed by atoms with van der Waals surface area (Å²) in [5.74, 6) is 1.03. The van der Waals surface area contributed by atoms with Crippen molar-refractivity contribution in [2.24, 2.45) is 0 Å². The zero-order valence-corrected chi connectivity index (χ0v) is 22.4. The van der Waals surface area contributed by atoms with Crippen molar-refractivity contribution in [3.63, 3.8) is 0 Å².